The number of amides is 1. The third-order valence-corrected chi connectivity index (χ3v) is 5.54. The number of nitrogens with zero attached hydrogens (tertiary/aromatic N) is 4. The highest BCUT2D eigenvalue weighted by molar-refractivity contribution is 5.96. The largest absolute Gasteiger partial charge is 0.348 e. The van der Waals surface area contributed by atoms with Crippen molar-refractivity contribution in [3.63, 3.8) is 0 Å². The molecule has 0 bridgehead atoms. The van der Waals surface area contributed by atoms with E-state index < -0.39 is 0 Å². The smallest absolute Gasteiger partial charge is 0.256 e. The van der Waals surface area contributed by atoms with Crippen LogP contribution in [0.25, 0.3) is 0 Å². The summed E-state index contributed by atoms with van der Waals surface area (Å²) in [7, 11) is 0. The Hall–Kier alpha value is -2.11. The van der Waals surface area contributed by atoms with Gasteiger partial charge in [0, 0.05) is 30.9 Å². The van der Waals surface area contributed by atoms with Gasteiger partial charge < -0.3 is 14.0 Å². The Kier molecular flexibility index (Phi) is 4.13. The molecule has 1 atom stereocenters. The molecule has 1 aliphatic carbocycles. The van der Waals surface area contributed by atoms with Crippen molar-refractivity contribution in [3.05, 3.63) is 34.7 Å². The molecule has 25 heavy (non-hydrogen) atoms. The number of carbonyl (C=O) groups is 1. The third kappa shape index (κ3) is 2.98. The first-order valence-electron chi connectivity index (χ1n) is 9.38. The van der Waals surface area contributed by atoms with Gasteiger partial charge in [-0.1, -0.05) is 12.1 Å². The van der Waals surface area contributed by atoms with E-state index in [0.717, 1.165) is 49.5 Å². The highest BCUT2D eigenvalue weighted by atomic mass is 16.5. The van der Waals surface area contributed by atoms with Crippen LogP contribution in [0.1, 0.15) is 72.1 Å². The first kappa shape index (κ1) is 16.4. The molecule has 2 aromatic heterocycles. The molecule has 1 amide bonds. The topological polar surface area (TPSA) is 64.2 Å². The second-order valence-corrected chi connectivity index (χ2v) is 7.40. The molecule has 6 heteroatoms. The van der Waals surface area contributed by atoms with E-state index in [4.69, 9.17) is 4.52 Å². The van der Waals surface area contributed by atoms with Crippen molar-refractivity contribution in [2.75, 3.05) is 6.54 Å². The van der Waals surface area contributed by atoms with E-state index in [0.29, 0.717) is 11.7 Å². The minimum atomic E-state index is -0.0666. The maximum absolute atomic E-state index is 13.2. The van der Waals surface area contributed by atoms with E-state index in [1.165, 1.54) is 18.5 Å². The number of hydrogen-bond acceptors (Lipinski definition) is 4. The van der Waals surface area contributed by atoms with E-state index in [-0.39, 0.29) is 11.9 Å². The van der Waals surface area contributed by atoms with Crippen LogP contribution in [0, 0.1) is 19.8 Å². The Labute approximate surface area is 148 Å². The molecule has 0 N–H and O–H groups in total. The average Bonchev–Trinajstić information content (AvgIpc) is 3.00. The zero-order chi connectivity index (χ0) is 17.6. The molecule has 1 unspecified atom stereocenters. The summed E-state index contributed by atoms with van der Waals surface area (Å²) in [6.45, 7) is 7.95. The molecule has 2 aliphatic rings. The molecule has 0 radical (unpaired) electrons. The summed E-state index contributed by atoms with van der Waals surface area (Å²) < 4.78 is 7.56. The first-order valence-corrected chi connectivity index (χ1v) is 9.38. The Morgan fingerprint density at radius 1 is 1.32 bits per heavy atom. The molecule has 2 fully saturated rings. The fourth-order valence-corrected chi connectivity index (χ4v) is 3.84. The zero-order valence-electron chi connectivity index (χ0n) is 15.3. The standard InChI is InChI=1S/C19H26N4O2/c1-4-17-20-18(21-25-17)16-6-5-9-22(16)19(24)15-10-12(2)23(13(15)3)11-14-7-8-14/h10,14,16H,4-9,11H2,1-3H3. The van der Waals surface area contributed by atoms with E-state index >= 15 is 0 Å². The van der Waals surface area contributed by atoms with Gasteiger partial charge in [0.15, 0.2) is 5.82 Å². The molecule has 2 aromatic rings. The lowest BCUT2D eigenvalue weighted by atomic mass is 10.1. The van der Waals surface area contributed by atoms with Crippen molar-refractivity contribution in [2.45, 2.75) is 65.5 Å². The molecular formula is C19H26N4O2. The van der Waals surface area contributed by atoms with Crippen LogP contribution in [-0.2, 0) is 13.0 Å². The molecule has 1 saturated heterocycles. The van der Waals surface area contributed by atoms with Crippen LogP contribution in [0.2, 0.25) is 0 Å². The molecular weight excluding hydrogens is 316 g/mol. The van der Waals surface area contributed by atoms with Crippen molar-refractivity contribution in [1.82, 2.24) is 19.6 Å². The summed E-state index contributed by atoms with van der Waals surface area (Å²) in [5.74, 6) is 2.17. The van der Waals surface area contributed by atoms with Crippen LogP contribution >= 0.6 is 0 Å². The number of carbonyl (C=O) groups excluding carboxylic acids is 1. The van der Waals surface area contributed by atoms with Crippen LogP contribution in [-0.4, -0.2) is 32.1 Å². The van der Waals surface area contributed by atoms with Crippen LogP contribution in [0.3, 0.4) is 0 Å². The lowest BCUT2D eigenvalue weighted by molar-refractivity contribution is 0.0727. The summed E-state index contributed by atoms with van der Waals surface area (Å²) in [6.07, 6.45) is 5.22. The van der Waals surface area contributed by atoms with Gasteiger partial charge in [-0.3, -0.25) is 4.79 Å². The average molecular weight is 342 g/mol. The van der Waals surface area contributed by atoms with Crippen LogP contribution < -0.4 is 0 Å². The Morgan fingerprint density at radius 2 is 2.12 bits per heavy atom. The van der Waals surface area contributed by atoms with Gasteiger partial charge in [0.1, 0.15) is 0 Å². The highest BCUT2D eigenvalue weighted by Crippen LogP contribution is 2.35. The van der Waals surface area contributed by atoms with Crippen LogP contribution in [0.15, 0.2) is 10.6 Å². The van der Waals surface area contributed by atoms with Gasteiger partial charge >= 0.3 is 0 Å². The van der Waals surface area contributed by atoms with Crippen LogP contribution in [0.4, 0.5) is 0 Å². The summed E-state index contributed by atoms with van der Waals surface area (Å²) in [5, 5.41) is 4.10. The molecule has 134 valence electrons. The molecule has 0 spiro atoms. The van der Waals surface area contributed by atoms with E-state index in [2.05, 4.69) is 28.6 Å². The van der Waals surface area contributed by atoms with Gasteiger partial charge in [0.2, 0.25) is 5.89 Å². The molecule has 3 heterocycles. The first-order chi connectivity index (χ1) is 12.1. The predicted octanol–water partition coefficient (Wildman–Crippen LogP) is 3.44. The Morgan fingerprint density at radius 3 is 2.80 bits per heavy atom. The second-order valence-electron chi connectivity index (χ2n) is 7.40. The van der Waals surface area contributed by atoms with E-state index in [1.807, 2.05) is 17.9 Å². The minimum Gasteiger partial charge on any atom is -0.348 e. The maximum Gasteiger partial charge on any atom is 0.256 e. The van der Waals surface area contributed by atoms with Gasteiger partial charge in [-0.2, -0.15) is 4.98 Å². The van der Waals surface area contributed by atoms with Gasteiger partial charge in [-0.25, -0.2) is 0 Å². The van der Waals surface area contributed by atoms with Gasteiger partial charge in [0.05, 0.1) is 11.6 Å². The van der Waals surface area contributed by atoms with Crippen molar-refractivity contribution in [1.29, 1.82) is 0 Å². The van der Waals surface area contributed by atoms with Crippen molar-refractivity contribution in [3.8, 4) is 0 Å². The molecule has 1 saturated carbocycles. The van der Waals surface area contributed by atoms with Crippen LogP contribution in [0.5, 0.6) is 0 Å². The fraction of sp³-hybridized carbons (Fsp3) is 0.632. The maximum atomic E-state index is 13.2. The molecule has 0 aromatic carbocycles. The Balaban J connectivity index is 1.59. The van der Waals surface area contributed by atoms with Crippen molar-refractivity contribution in [2.24, 2.45) is 5.92 Å². The van der Waals surface area contributed by atoms with Gasteiger partial charge in [-0.15, -0.1) is 0 Å². The highest BCUT2D eigenvalue weighted by Gasteiger charge is 2.35. The lowest BCUT2D eigenvalue weighted by Crippen LogP contribution is -2.31. The minimum absolute atomic E-state index is 0.0666. The summed E-state index contributed by atoms with van der Waals surface area (Å²) >= 11 is 0. The number of hydrogen-bond donors (Lipinski definition) is 0. The van der Waals surface area contributed by atoms with Crippen molar-refractivity contribution < 1.29 is 9.32 Å². The molecule has 1 aliphatic heterocycles. The number of aryl methyl sites for hydroxylation is 2. The predicted molar refractivity (Wildman–Crippen MR) is 93.3 cm³/mol. The number of rotatable bonds is 5. The monoisotopic (exact) mass is 342 g/mol. The second kappa shape index (κ2) is 6.32. The van der Waals surface area contributed by atoms with E-state index in [9.17, 15) is 4.79 Å². The Bertz CT molecular complexity index is 787. The third-order valence-electron chi connectivity index (χ3n) is 5.54. The quantitative estimate of drug-likeness (QED) is 0.835. The number of aromatic nitrogens is 3. The van der Waals surface area contributed by atoms with Crippen molar-refractivity contribution >= 4 is 5.91 Å². The van der Waals surface area contributed by atoms with E-state index in [1.54, 1.807) is 0 Å². The molecule has 6 nitrogen and oxygen atoms in total. The fourth-order valence-electron chi connectivity index (χ4n) is 3.84. The zero-order valence-corrected chi connectivity index (χ0v) is 15.3. The lowest BCUT2D eigenvalue weighted by Gasteiger charge is -2.22. The summed E-state index contributed by atoms with van der Waals surface area (Å²) in [6, 6.07) is 1.98. The summed E-state index contributed by atoms with van der Waals surface area (Å²) in [5.41, 5.74) is 3.09. The number of likely N-dealkylation sites (tertiary alicyclic amines) is 1. The molecule has 4 rings (SSSR count). The SMILES string of the molecule is CCc1nc(C2CCCN2C(=O)c2cc(C)n(CC3CC3)c2C)no1. The summed E-state index contributed by atoms with van der Waals surface area (Å²) in [4.78, 5) is 19.6. The van der Waals surface area contributed by atoms with Gasteiger partial charge in [-0.05, 0) is 51.5 Å². The normalized spacial score (nSPS) is 20.4. The van der Waals surface area contributed by atoms with Gasteiger partial charge in [0.25, 0.3) is 5.91 Å².